The van der Waals surface area contributed by atoms with Gasteiger partial charge in [0.1, 0.15) is 15.6 Å². The van der Waals surface area contributed by atoms with Crippen LogP contribution in [-0.2, 0) is 10.0 Å². The van der Waals surface area contributed by atoms with E-state index in [4.69, 9.17) is 4.42 Å². The average molecular weight is 453 g/mol. The van der Waals surface area contributed by atoms with Gasteiger partial charge in [-0.15, -0.1) is 27.1 Å². The van der Waals surface area contributed by atoms with Crippen LogP contribution in [0.1, 0.15) is 5.76 Å². The van der Waals surface area contributed by atoms with Gasteiger partial charge in [-0.05, 0) is 36.6 Å². The van der Waals surface area contributed by atoms with Crippen molar-refractivity contribution in [2.45, 2.75) is 11.1 Å². The van der Waals surface area contributed by atoms with Crippen molar-refractivity contribution < 1.29 is 12.8 Å². The predicted octanol–water partition coefficient (Wildman–Crippen LogP) is 5.61. The number of sulfonamides is 1. The van der Waals surface area contributed by atoms with Crippen molar-refractivity contribution in [3.05, 3.63) is 88.1 Å². The molecular formula is C22H16N2O3S3. The SMILES string of the molecule is Cc1oc2ccccc2c1-c1cs/c(=N/S(=O)(=O)c2cccs2)n1-c1ccccc1. The van der Waals surface area contributed by atoms with Gasteiger partial charge in [-0.25, -0.2) is 0 Å². The minimum Gasteiger partial charge on any atom is -0.461 e. The number of hydrogen-bond donors (Lipinski definition) is 0. The smallest absolute Gasteiger partial charge is 0.294 e. The van der Waals surface area contributed by atoms with Gasteiger partial charge in [-0.1, -0.05) is 42.5 Å². The predicted molar refractivity (Wildman–Crippen MR) is 121 cm³/mol. The Balaban J connectivity index is 1.82. The summed E-state index contributed by atoms with van der Waals surface area (Å²) in [6.45, 7) is 1.92. The highest BCUT2D eigenvalue weighted by molar-refractivity contribution is 7.92. The zero-order valence-electron chi connectivity index (χ0n) is 15.8. The van der Waals surface area contributed by atoms with Gasteiger partial charge >= 0.3 is 0 Å². The Hall–Kier alpha value is -2.94. The lowest BCUT2D eigenvalue weighted by atomic mass is 10.1. The highest BCUT2D eigenvalue weighted by atomic mass is 32.2. The molecule has 0 saturated heterocycles. The molecule has 5 nitrogen and oxygen atoms in total. The molecule has 0 aliphatic carbocycles. The van der Waals surface area contributed by atoms with Crippen LogP contribution in [0.25, 0.3) is 27.9 Å². The van der Waals surface area contributed by atoms with Gasteiger partial charge in [0.15, 0.2) is 0 Å². The first-order valence-corrected chi connectivity index (χ1v) is 12.3. The Morgan fingerprint density at radius 2 is 1.70 bits per heavy atom. The molecule has 2 aromatic carbocycles. The molecule has 0 saturated carbocycles. The van der Waals surface area contributed by atoms with E-state index in [1.54, 1.807) is 17.5 Å². The van der Waals surface area contributed by atoms with Crippen LogP contribution in [0, 0.1) is 6.92 Å². The molecule has 0 aliphatic rings. The highest BCUT2D eigenvalue weighted by Crippen LogP contribution is 2.35. The number of hydrogen-bond acceptors (Lipinski definition) is 5. The van der Waals surface area contributed by atoms with Crippen molar-refractivity contribution in [2.24, 2.45) is 4.40 Å². The number of thiazole rings is 1. The third kappa shape index (κ3) is 3.23. The number of aromatic nitrogens is 1. The second-order valence-corrected chi connectivity index (χ2v) is 10.2. The average Bonchev–Trinajstić information content (AvgIpc) is 3.47. The largest absolute Gasteiger partial charge is 0.461 e. The molecule has 0 atom stereocenters. The van der Waals surface area contributed by atoms with E-state index in [0.29, 0.717) is 4.80 Å². The van der Waals surface area contributed by atoms with E-state index in [-0.39, 0.29) is 4.21 Å². The minimum atomic E-state index is -3.80. The van der Waals surface area contributed by atoms with Crippen LogP contribution in [0.4, 0.5) is 0 Å². The zero-order valence-corrected chi connectivity index (χ0v) is 18.3. The van der Waals surface area contributed by atoms with Crippen LogP contribution in [0.5, 0.6) is 0 Å². The lowest BCUT2D eigenvalue weighted by molar-refractivity contribution is 0.579. The lowest BCUT2D eigenvalue weighted by Gasteiger charge is -2.09. The van der Waals surface area contributed by atoms with Gasteiger partial charge < -0.3 is 4.42 Å². The third-order valence-electron chi connectivity index (χ3n) is 4.70. The topological polar surface area (TPSA) is 64.6 Å². The maximum atomic E-state index is 12.8. The van der Waals surface area contributed by atoms with Crippen molar-refractivity contribution in [2.75, 3.05) is 0 Å². The summed E-state index contributed by atoms with van der Waals surface area (Å²) in [5.41, 5.74) is 3.40. The number of fused-ring (bicyclic) bond motifs is 1. The van der Waals surface area contributed by atoms with Gasteiger partial charge in [-0.3, -0.25) is 4.57 Å². The minimum absolute atomic E-state index is 0.224. The molecule has 0 radical (unpaired) electrons. The van der Waals surface area contributed by atoms with Crippen molar-refractivity contribution in [1.29, 1.82) is 0 Å². The lowest BCUT2D eigenvalue weighted by Crippen LogP contribution is -2.16. The Labute approximate surface area is 181 Å². The quantitative estimate of drug-likeness (QED) is 0.356. The molecule has 0 amide bonds. The molecule has 0 unspecified atom stereocenters. The van der Waals surface area contributed by atoms with E-state index in [1.165, 1.54) is 11.3 Å². The number of aryl methyl sites for hydroxylation is 1. The van der Waals surface area contributed by atoms with E-state index >= 15 is 0 Å². The van der Waals surface area contributed by atoms with Crippen LogP contribution in [-0.4, -0.2) is 13.0 Å². The van der Waals surface area contributed by atoms with E-state index in [0.717, 1.165) is 45.0 Å². The van der Waals surface area contributed by atoms with Crippen molar-refractivity contribution in [3.8, 4) is 16.9 Å². The van der Waals surface area contributed by atoms with Crippen molar-refractivity contribution >= 4 is 43.7 Å². The second-order valence-electron chi connectivity index (χ2n) is 6.60. The molecule has 0 N–H and O–H groups in total. The van der Waals surface area contributed by atoms with E-state index in [9.17, 15) is 8.42 Å². The van der Waals surface area contributed by atoms with Gasteiger partial charge in [0.25, 0.3) is 10.0 Å². The summed E-state index contributed by atoms with van der Waals surface area (Å²) < 4.78 is 37.9. The maximum Gasteiger partial charge on any atom is 0.294 e. The number of furan rings is 1. The maximum absolute atomic E-state index is 12.8. The van der Waals surface area contributed by atoms with Gasteiger partial charge in [-0.2, -0.15) is 8.42 Å². The van der Waals surface area contributed by atoms with Crippen molar-refractivity contribution in [3.63, 3.8) is 0 Å². The summed E-state index contributed by atoms with van der Waals surface area (Å²) in [5.74, 6) is 0.770. The number of thiophene rings is 1. The van der Waals surface area contributed by atoms with E-state index < -0.39 is 10.0 Å². The molecule has 0 bridgehead atoms. The second kappa shape index (κ2) is 7.39. The number of nitrogens with zero attached hydrogens (tertiary/aromatic N) is 2. The Morgan fingerprint density at radius 1 is 0.933 bits per heavy atom. The molecule has 5 aromatic rings. The van der Waals surface area contributed by atoms with Crippen LogP contribution in [0.3, 0.4) is 0 Å². The molecule has 3 aromatic heterocycles. The summed E-state index contributed by atoms with van der Waals surface area (Å²) in [5, 5.41) is 4.64. The first kappa shape index (κ1) is 19.0. The normalized spacial score (nSPS) is 12.6. The number of rotatable bonds is 4. The monoisotopic (exact) mass is 452 g/mol. The summed E-state index contributed by atoms with van der Waals surface area (Å²) in [4.78, 5) is 0.384. The summed E-state index contributed by atoms with van der Waals surface area (Å²) in [6.07, 6.45) is 0. The Bertz CT molecular complexity index is 1510. The van der Waals surface area contributed by atoms with Gasteiger partial charge in [0.2, 0.25) is 4.80 Å². The number of para-hydroxylation sites is 2. The van der Waals surface area contributed by atoms with Crippen molar-refractivity contribution in [1.82, 2.24) is 4.57 Å². The first-order chi connectivity index (χ1) is 14.5. The Morgan fingerprint density at radius 3 is 2.47 bits per heavy atom. The van der Waals surface area contributed by atoms with Gasteiger partial charge in [0, 0.05) is 22.0 Å². The van der Waals surface area contributed by atoms with E-state index in [1.807, 2.05) is 71.5 Å². The van der Waals surface area contributed by atoms with Crippen LogP contribution in [0.2, 0.25) is 0 Å². The first-order valence-electron chi connectivity index (χ1n) is 9.13. The van der Waals surface area contributed by atoms with Crippen LogP contribution < -0.4 is 4.80 Å². The Kier molecular flexibility index (Phi) is 4.69. The molecule has 3 heterocycles. The highest BCUT2D eigenvalue weighted by Gasteiger charge is 2.20. The fourth-order valence-corrected chi connectivity index (χ4v) is 6.48. The summed E-state index contributed by atoms with van der Waals surface area (Å²) in [6, 6.07) is 20.7. The molecule has 0 spiro atoms. The standard InChI is InChI=1S/C22H16N2O3S3/c1-15-21(17-10-5-6-11-19(17)27-15)18-14-29-22(24(18)16-8-3-2-4-9-16)23-30(25,26)20-12-7-13-28-20/h2-14H,1H3/b23-22+. The molecule has 150 valence electrons. The zero-order chi connectivity index (χ0) is 20.7. The molecule has 0 fully saturated rings. The number of benzene rings is 2. The molecule has 8 heteroatoms. The van der Waals surface area contributed by atoms with Crippen LogP contribution >= 0.6 is 22.7 Å². The molecule has 30 heavy (non-hydrogen) atoms. The third-order valence-corrected chi connectivity index (χ3v) is 8.28. The molecule has 0 aliphatic heterocycles. The fraction of sp³-hybridized carbons (Fsp3) is 0.0455. The molecule has 5 rings (SSSR count). The summed E-state index contributed by atoms with van der Waals surface area (Å²) >= 11 is 2.45. The fourth-order valence-electron chi connectivity index (χ4n) is 3.42. The van der Waals surface area contributed by atoms with E-state index in [2.05, 4.69) is 4.40 Å². The van der Waals surface area contributed by atoms with Gasteiger partial charge in [0.05, 0.1) is 5.69 Å². The molecular weight excluding hydrogens is 436 g/mol. The summed E-state index contributed by atoms with van der Waals surface area (Å²) in [7, 11) is -3.80. The van der Waals surface area contributed by atoms with Crippen LogP contribution in [0.15, 0.2) is 90.5 Å².